The second-order valence-electron chi connectivity index (χ2n) is 11.5. The molecule has 0 aromatic heterocycles. The second-order valence-corrected chi connectivity index (χ2v) is 11.5. The van der Waals surface area contributed by atoms with Gasteiger partial charge in [0.2, 0.25) is 5.91 Å². The lowest BCUT2D eigenvalue weighted by Gasteiger charge is -2.30. The molecule has 0 radical (unpaired) electrons. The molecule has 224 valence electrons. The van der Waals surface area contributed by atoms with Gasteiger partial charge in [-0.15, -0.1) is 0 Å². The summed E-state index contributed by atoms with van der Waals surface area (Å²) in [6, 6.07) is 13.7. The van der Waals surface area contributed by atoms with Crippen molar-refractivity contribution in [2.24, 2.45) is 11.7 Å². The van der Waals surface area contributed by atoms with Gasteiger partial charge in [-0.05, 0) is 73.4 Å². The zero-order valence-corrected chi connectivity index (χ0v) is 24.5. The molecule has 0 spiro atoms. The number of ether oxygens (including phenoxy) is 1. The number of carbonyl (C=O) groups excluding carboxylic acids is 1. The molecule has 1 amide bonds. The molecule has 2 aliphatic rings. The highest BCUT2D eigenvalue weighted by molar-refractivity contribution is 5.79. The van der Waals surface area contributed by atoms with Gasteiger partial charge in [-0.2, -0.15) is 0 Å². The van der Waals surface area contributed by atoms with E-state index in [4.69, 9.17) is 10.5 Å². The van der Waals surface area contributed by atoms with Crippen molar-refractivity contribution in [3.05, 3.63) is 64.7 Å². The Hall–Kier alpha value is -2.94. The number of nitrogens with two attached hydrogens (primary N) is 1. The largest absolute Gasteiger partial charge is 0.493 e. The van der Waals surface area contributed by atoms with Crippen LogP contribution >= 0.6 is 0 Å². The number of unbranched alkanes of at least 4 members (excludes halogenated alkanes) is 2. The van der Waals surface area contributed by atoms with Crippen molar-refractivity contribution >= 4 is 11.9 Å². The third-order valence-corrected chi connectivity index (χ3v) is 8.76. The zero-order chi connectivity index (χ0) is 29.2. The van der Waals surface area contributed by atoms with Gasteiger partial charge >= 0.3 is 5.97 Å². The van der Waals surface area contributed by atoms with Gasteiger partial charge in [0.05, 0.1) is 25.7 Å². The van der Waals surface area contributed by atoms with E-state index in [9.17, 15) is 19.8 Å². The van der Waals surface area contributed by atoms with Gasteiger partial charge in [0.15, 0.2) is 0 Å². The fraction of sp³-hybridized carbons (Fsp3) is 0.576. The molecule has 1 saturated heterocycles. The number of rotatable bonds is 16. The van der Waals surface area contributed by atoms with E-state index in [-0.39, 0.29) is 31.0 Å². The van der Waals surface area contributed by atoms with Crippen LogP contribution in [0.15, 0.2) is 42.5 Å². The highest BCUT2D eigenvalue weighted by atomic mass is 16.5. The van der Waals surface area contributed by atoms with E-state index in [0.29, 0.717) is 39.2 Å². The Kier molecular flexibility index (Phi) is 11.6. The topological polar surface area (TPSA) is 116 Å². The summed E-state index contributed by atoms with van der Waals surface area (Å²) in [5, 5.41) is 20.3. The Balaban J connectivity index is 1.56. The maximum atomic E-state index is 13.7. The maximum Gasteiger partial charge on any atom is 0.308 e. The smallest absolute Gasteiger partial charge is 0.308 e. The highest BCUT2D eigenvalue weighted by Gasteiger charge is 2.47. The molecule has 4 N–H and O–H groups in total. The Bertz CT molecular complexity index is 1160. The third kappa shape index (κ3) is 7.87. The summed E-state index contributed by atoms with van der Waals surface area (Å²) in [5.41, 5.74) is 9.84. The van der Waals surface area contributed by atoms with Crippen molar-refractivity contribution in [2.75, 3.05) is 39.3 Å². The highest BCUT2D eigenvalue weighted by Crippen LogP contribution is 2.41. The van der Waals surface area contributed by atoms with Crippen LogP contribution in [0, 0.1) is 5.92 Å². The molecule has 0 aliphatic carbocycles. The molecule has 2 aromatic carbocycles. The zero-order valence-electron chi connectivity index (χ0n) is 24.5. The van der Waals surface area contributed by atoms with Crippen LogP contribution in [-0.4, -0.2) is 77.3 Å². The van der Waals surface area contributed by atoms with Crippen LogP contribution in [0.2, 0.25) is 0 Å². The number of carbonyl (C=O) groups is 2. The summed E-state index contributed by atoms with van der Waals surface area (Å²) in [5.74, 6) is -0.680. The van der Waals surface area contributed by atoms with Crippen molar-refractivity contribution in [1.29, 1.82) is 0 Å². The van der Waals surface area contributed by atoms with Crippen LogP contribution in [-0.2, 0) is 29.0 Å². The van der Waals surface area contributed by atoms with E-state index >= 15 is 0 Å². The normalized spacial score (nSPS) is 20.1. The molecule has 8 heteroatoms. The molecular weight excluding hydrogens is 518 g/mol. The number of nitrogens with zero attached hydrogens (tertiary/aromatic N) is 2. The quantitative estimate of drug-likeness (QED) is 0.264. The number of hydrogen-bond acceptors (Lipinski definition) is 6. The van der Waals surface area contributed by atoms with Crippen molar-refractivity contribution in [2.45, 2.75) is 76.9 Å². The van der Waals surface area contributed by atoms with Gasteiger partial charge in [-0.3, -0.25) is 14.5 Å². The number of aliphatic carboxylic acids is 1. The second kappa shape index (κ2) is 15.3. The van der Waals surface area contributed by atoms with Gasteiger partial charge in [-0.25, -0.2) is 0 Å². The molecule has 4 rings (SSSR count). The van der Waals surface area contributed by atoms with E-state index in [2.05, 4.69) is 17.9 Å². The van der Waals surface area contributed by atoms with E-state index in [1.807, 2.05) is 41.3 Å². The summed E-state index contributed by atoms with van der Waals surface area (Å²) in [7, 11) is 0. The number of carboxylic acids is 1. The van der Waals surface area contributed by atoms with Crippen LogP contribution in [0.3, 0.4) is 0 Å². The summed E-state index contributed by atoms with van der Waals surface area (Å²) in [6.45, 7) is 5.52. The Morgan fingerprint density at radius 3 is 2.59 bits per heavy atom. The minimum Gasteiger partial charge on any atom is -0.493 e. The number of aliphatic hydroxyl groups is 1. The number of aliphatic hydroxyl groups excluding tert-OH is 1. The Labute approximate surface area is 244 Å². The van der Waals surface area contributed by atoms with Crippen LogP contribution in [0.1, 0.15) is 73.6 Å². The standard InChI is InChI=1S/C33H47N3O5/c1-2-3-17-35(18-7-6-16-34)31(38)22-36-21-28(25-13-14-30-26(20-25)15-19-41-30)32(33(39)40)29(36)12-8-11-24-9-4-5-10-27(24)23-37/h4-5,9-10,13-14,20,28-29,32,37H,2-3,6-8,11-12,15-19,21-23,34H2,1H3,(H,39,40)/t28-,29+,32-/m1/s1. The van der Waals surface area contributed by atoms with Gasteiger partial charge in [0, 0.05) is 38.0 Å². The van der Waals surface area contributed by atoms with Crippen LogP contribution in [0.4, 0.5) is 0 Å². The summed E-state index contributed by atoms with van der Waals surface area (Å²) in [4.78, 5) is 30.6. The molecule has 0 saturated carbocycles. The lowest BCUT2D eigenvalue weighted by atomic mass is 9.83. The maximum absolute atomic E-state index is 13.7. The first-order chi connectivity index (χ1) is 20.0. The summed E-state index contributed by atoms with van der Waals surface area (Å²) in [6.07, 6.45) is 6.73. The SMILES string of the molecule is CCCCN(CCCCN)C(=O)CN1C[C@H](c2ccc3c(c2)CCO3)[C@@H](C(=O)O)[C@@H]1CCCc1ccccc1CO. The molecule has 0 bridgehead atoms. The number of likely N-dealkylation sites (tertiary alicyclic amines) is 1. The van der Waals surface area contributed by atoms with Crippen molar-refractivity contribution in [3.8, 4) is 5.75 Å². The Morgan fingerprint density at radius 2 is 1.85 bits per heavy atom. The minimum atomic E-state index is -0.812. The lowest BCUT2D eigenvalue weighted by molar-refractivity contribution is -0.143. The van der Waals surface area contributed by atoms with E-state index in [1.165, 1.54) is 0 Å². The monoisotopic (exact) mass is 565 g/mol. The van der Waals surface area contributed by atoms with E-state index in [1.54, 1.807) is 0 Å². The predicted molar refractivity (Wildman–Crippen MR) is 160 cm³/mol. The average molecular weight is 566 g/mol. The number of carboxylic acid groups (broad SMARTS) is 1. The number of amides is 1. The van der Waals surface area contributed by atoms with Crippen molar-refractivity contribution in [3.63, 3.8) is 0 Å². The van der Waals surface area contributed by atoms with Crippen molar-refractivity contribution < 1.29 is 24.5 Å². The number of hydrogen-bond donors (Lipinski definition) is 3. The predicted octanol–water partition coefficient (Wildman–Crippen LogP) is 3.97. The molecule has 1 fully saturated rings. The average Bonchev–Trinajstić information content (AvgIpc) is 3.59. The third-order valence-electron chi connectivity index (χ3n) is 8.76. The van der Waals surface area contributed by atoms with E-state index in [0.717, 1.165) is 72.9 Å². The molecule has 8 nitrogen and oxygen atoms in total. The van der Waals surface area contributed by atoms with Gasteiger partial charge in [-0.1, -0.05) is 49.7 Å². The summed E-state index contributed by atoms with van der Waals surface area (Å²) < 4.78 is 5.70. The fourth-order valence-electron chi connectivity index (χ4n) is 6.52. The van der Waals surface area contributed by atoms with Gasteiger partial charge in [0.25, 0.3) is 0 Å². The van der Waals surface area contributed by atoms with Gasteiger partial charge < -0.3 is 25.6 Å². The number of benzene rings is 2. The first-order valence-electron chi connectivity index (χ1n) is 15.3. The van der Waals surface area contributed by atoms with E-state index < -0.39 is 11.9 Å². The van der Waals surface area contributed by atoms with Crippen LogP contribution < -0.4 is 10.5 Å². The molecule has 41 heavy (non-hydrogen) atoms. The fourth-order valence-corrected chi connectivity index (χ4v) is 6.52. The summed E-state index contributed by atoms with van der Waals surface area (Å²) >= 11 is 0. The van der Waals surface area contributed by atoms with Crippen molar-refractivity contribution in [1.82, 2.24) is 9.80 Å². The molecule has 0 unspecified atom stereocenters. The van der Waals surface area contributed by atoms with Crippen LogP contribution in [0.25, 0.3) is 0 Å². The Morgan fingerprint density at radius 1 is 1.07 bits per heavy atom. The number of fused-ring (bicyclic) bond motifs is 1. The number of aryl methyl sites for hydroxylation is 1. The minimum absolute atomic E-state index is 0.0140. The molecule has 2 heterocycles. The first kappa shape index (κ1) is 31.0. The first-order valence-corrected chi connectivity index (χ1v) is 15.3. The van der Waals surface area contributed by atoms with Gasteiger partial charge in [0.1, 0.15) is 5.75 Å². The molecule has 3 atom stereocenters. The lowest BCUT2D eigenvalue weighted by Crippen LogP contribution is -2.44. The molecule has 2 aromatic rings. The van der Waals surface area contributed by atoms with Crippen LogP contribution in [0.5, 0.6) is 5.75 Å². The molecular formula is C33H47N3O5. The molecule has 2 aliphatic heterocycles.